The van der Waals surface area contributed by atoms with Crippen molar-refractivity contribution >= 4 is 34.5 Å². The van der Waals surface area contributed by atoms with Crippen LogP contribution in [-0.4, -0.2) is 49.0 Å². The number of fused-ring (bicyclic) bond motifs is 1. The van der Waals surface area contributed by atoms with Crippen molar-refractivity contribution in [1.82, 2.24) is 35.2 Å². The maximum Gasteiger partial charge on any atom is 0.413 e. The Balaban J connectivity index is 1.45. The maximum atomic E-state index is 13.9. The number of rotatable bonds is 7. The van der Waals surface area contributed by atoms with Crippen molar-refractivity contribution < 1.29 is 23.1 Å². The highest BCUT2D eigenvalue weighted by atomic mass is 19.1. The summed E-state index contributed by atoms with van der Waals surface area (Å²) in [7, 11) is 1.41. The van der Waals surface area contributed by atoms with Crippen molar-refractivity contribution in [3.8, 4) is 0 Å². The van der Waals surface area contributed by atoms with Gasteiger partial charge in [0.25, 0.3) is 5.91 Å². The molecule has 0 saturated heterocycles. The average molecular weight is 539 g/mol. The molecular formula is C24H24F2N10O3. The summed E-state index contributed by atoms with van der Waals surface area (Å²) in [6, 6.07) is 5.55. The van der Waals surface area contributed by atoms with Gasteiger partial charge in [-0.05, 0) is 38.1 Å². The van der Waals surface area contributed by atoms with Gasteiger partial charge in [-0.1, -0.05) is 0 Å². The van der Waals surface area contributed by atoms with Gasteiger partial charge in [0.15, 0.2) is 11.5 Å². The summed E-state index contributed by atoms with van der Waals surface area (Å²) < 4.78 is 32.4. The lowest BCUT2D eigenvalue weighted by molar-refractivity contribution is 0.102. The standard InChI is InChI=1S/C24H24F2N10O3/c1-11(16-7-14(25)9-30-20(16)26)39-24(38)35-22(36(3)28)19(27)17-5-4-15(10-29-17)34-23(37)13-6-18-21(31-8-13)33-12(2)32-18/h4-11H,27-28H2,1-3H3,(H,34,37)(H,35,38)(H,31,32,33)/b22-19-/t11-/m1/s1. The molecule has 2 amide bonds. The number of aromatic nitrogens is 5. The number of amides is 2. The van der Waals surface area contributed by atoms with Gasteiger partial charge in [0.1, 0.15) is 23.4 Å². The van der Waals surface area contributed by atoms with E-state index in [4.69, 9.17) is 16.3 Å². The third kappa shape index (κ3) is 6.22. The van der Waals surface area contributed by atoms with E-state index in [9.17, 15) is 18.4 Å². The normalized spacial score (nSPS) is 12.5. The van der Waals surface area contributed by atoms with E-state index in [2.05, 4.69) is 35.6 Å². The van der Waals surface area contributed by atoms with Gasteiger partial charge in [-0.2, -0.15) is 4.39 Å². The van der Waals surface area contributed by atoms with Gasteiger partial charge in [-0.3, -0.25) is 20.1 Å². The Labute approximate surface area is 220 Å². The van der Waals surface area contributed by atoms with Gasteiger partial charge in [0.2, 0.25) is 5.95 Å². The average Bonchev–Trinajstić information content (AvgIpc) is 3.27. The maximum absolute atomic E-state index is 13.9. The fourth-order valence-corrected chi connectivity index (χ4v) is 3.52. The number of imidazole rings is 1. The fourth-order valence-electron chi connectivity index (χ4n) is 3.52. The first-order valence-corrected chi connectivity index (χ1v) is 11.4. The van der Waals surface area contributed by atoms with E-state index in [0.717, 1.165) is 11.1 Å². The van der Waals surface area contributed by atoms with E-state index in [1.165, 1.54) is 32.4 Å². The number of carbonyl (C=O) groups is 2. The first-order valence-electron chi connectivity index (χ1n) is 11.4. The van der Waals surface area contributed by atoms with Crippen molar-refractivity contribution in [3.63, 3.8) is 0 Å². The van der Waals surface area contributed by atoms with E-state index >= 15 is 0 Å². The number of aryl methyl sites for hydroxylation is 1. The number of nitrogens with one attached hydrogen (secondary N) is 3. The lowest BCUT2D eigenvalue weighted by Gasteiger charge is -2.21. The highest BCUT2D eigenvalue weighted by Gasteiger charge is 2.20. The summed E-state index contributed by atoms with van der Waals surface area (Å²) >= 11 is 0. The van der Waals surface area contributed by atoms with Gasteiger partial charge in [0, 0.05) is 13.2 Å². The number of nitrogens with zero attached hydrogens (tertiary/aromatic N) is 5. The molecule has 39 heavy (non-hydrogen) atoms. The molecule has 4 aromatic heterocycles. The molecule has 4 heterocycles. The second kappa shape index (κ2) is 11.1. The van der Waals surface area contributed by atoms with E-state index in [0.29, 0.717) is 34.4 Å². The van der Waals surface area contributed by atoms with Crippen molar-refractivity contribution in [1.29, 1.82) is 0 Å². The van der Waals surface area contributed by atoms with E-state index in [1.807, 2.05) is 0 Å². The lowest BCUT2D eigenvalue weighted by atomic mass is 10.2. The molecule has 0 spiro atoms. The molecule has 13 nitrogen and oxygen atoms in total. The van der Waals surface area contributed by atoms with Crippen molar-refractivity contribution in [2.75, 3.05) is 12.4 Å². The molecule has 1 atom stereocenters. The van der Waals surface area contributed by atoms with Gasteiger partial charge in [-0.25, -0.2) is 30.0 Å². The van der Waals surface area contributed by atoms with Crippen LogP contribution in [-0.2, 0) is 4.74 Å². The lowest BCUT2D eigenvalue weighted by Crippen LogP contribution is -2.39. The van der Waals surface area contributed by atoms with Gasteiger partial charge < -0.3 is 20.8 Å². The molecule has 0 aliphatic carbocycles. The zero-order chi connectivity index (χ0) is 28.3. The molecule has 0 saturated carbocycles. The van der Waals surface area contributed by atoms with Crippen LogP contribution in [0.15, 0.2) is 48.7 Å². The van der Waals surface area contributed by atoms with E-state index in [-0.39, 0.29) is 22.8 Å². The molecule has 0 fully saturated rings. The quantitative estimate of drug-likeness (QED) is 0.133. The van der Waals surface area contributed by atoms with Crippen molar-refractivity contribution in [2.24, 2.45) is 11.6 Å². The summed E-state index contributed by atoms with van der Waals surface area (Å²) in [6.07, 6.45) is 1.27. The monoisotopic (exact) mass is 538 g/mol. The predicted molar refractivity (Wildman–Crippen MR) is 136 cm³/mol. The van der Waals surface area contributed by atoms with E-state index in [1.54, 1.807) is 19.1 Å². The largest absolute Gasteiger partial charge is 0.441 e. The number of pyridine rings is 3. The second-order valence-corrected chi connectivity index (χ2v) is 8.38. The fraction of sp³-hybridized carbons (Fsp3) is 0.167. The van der Waals surface area contributed by atoms with Crippen LogP contribution in [0.3, 0.4) is 0 Å². The van der Waals surface area contributed by atoms with Crippen molar-refractivity contribution in [3.05, 3.63) is 83.1 Å². The second-order valence-electron chi connectivity index (χ2n) is 8.38. The number of hydrogen-bond donors (Lipinski definition) is 5. The van der Waals surface area contributed by atoms with Crippen LogP contribution in [0.1, 0.15) is 40.5 Å². The molecule has 0 unspecified atom stereocenters. The van der Waals surface area contributed by atoms with Crippen LogP contribution in [0.2, 0.25) is 0 Å². The van der Waals surface area contributed by atoms with Crippen LogP contribution in [0.5, 0.6) is 0 Å². The van der Waals surface area contributed by atoms with Crippen LogP contribution in [0, 0.1) is 18.7 Å². The molecule has 0 aliphatic heterocycles. The molecule has 4 rings (SSSR count). The zero-order valence-electron chi connectivity index (χ0n) is 21.0. The van der Waals surface area contributed by atoms with Crippen LogP contribution in [0.25, 0.3) is 16.9 Å². The number of aromatic amines is 1. The minimum Gasteiger partial charge on any atom is -0.441 e. The number of anilines is 1. The smallest absolute Gasteiger partial charge is 0.413 e. The Morgan fingerprint density at radius 2 is 1.90 bits per heavy atom. The Morgan fingerprint density at radius 3 is 2.59 bits per heavy atom. The molecule has 0 aromatic carbocycles. The predicted octanol–water partition coefficient (Wildman–Crippen LogP) is 2.46. The third-order valence-electron chi connectivity index (χ3n) is 5.40. The third-order valence-corrected chi connectivity index (χ3v) is 5.40. The number of ether oxygens (including phenoxy) is 1. The number of halogens is 2. The first kappa shape index (κ1) is 26.9. The molecule has 7 N–H and O–H groups in total. The molecule has 0 bridgehead atoms. The molecule has 202 valence electrons. The molecule has 4 aromatic rings. The highest BCUT2D eigenvalue weighted by molar-refractivity contribution is 6.05. The Morgan fingerprint density at radius 1 is 1.13 bits per heavy atom. The topological polar surface area (TPSA) is 190 Å². The van der Waals surface area contributed by atoms with Gasteiger partial charge in [0.05, 0.1) is 40.4 Å². The number of nitrogens with two attached hydrogens (primary N) is 2. The van der Waals surface area contributed by atoms with Crippen molar-refractivity contribution in [2.45, 2.75) is 20.0 Å². The van der Waals surface area contributed by atoms with Crippen LogP contribution < -0.4 is 22.2 Å². The summed E-state index contributed by atoms with van der Waals surface area (Å²) in [4.78, 5) is 44.0. The van der Waals surface area contributed by atoms with Gasteiger partial charge in [-0.15, -0.1) is 0 Å². The molecule has 0 radical (unpaired) electrons. The summed E-state index contributed by atoms with van der Waals surface area (Å²) in [5.74, 6) is 4.23. The van der Waals surface area contributed by atoms with Gasteiger partial charge >= 0.3 is 6.09 Å². The molecule has 15 heteroatoms. The van der Waals surface area contributed by atoms with Crippen LogP contribution >= 0.6 is 0 Å². The Hall–Kier alpha value is -5.18. The number of hydrogen-bond acceptors (Lipinski definition) is 10. The number of H-pyrrole nitrogens is 1. The summed E-state index contributed by atoms with van der Waals surface area (Å²) in [5, 5.41) is 6.09. The Kier molecular flexibility index (Phi) is 7.62. The first-order chi connectivity index (χ1) is 18.5. The number of carbonyl (C=O) groups excluding carboxylic acids is 2. The van der Waals surface area contributed by atoms with Crippen LogP contribution in [0.4, 0.5) is 19.3 Å². The summed E-state index contributed by atoms with van der Waals surface area (Å²) in [6.45, 7) is 3.13. The summed E-state index contributed by atoms with van der Waals surface area (Å²) in [5.41, 5.74) is 7.91. The Bertz CT molecular complexity index is 1570. The SMILES string of the molecule is Cc1nc2ncc(C(=O)Nc3ccc(/C(N)=C(\NC(=O)O[C@H](C)c4cc(F)cnc4F)N(C)N)nc3)cc2[nH]1. The molecular weight excluding hydrogens is 514 g/mol. The zero-order valence-corrected chi connectivity index (χ0v) is 21.0. The minimum absolute atomic E-state index is 0.0367. The minimum atomic E-state index is -1.17. The molecule has 0 aliphatic rings. The van der Waals surface area contributed by atoms with E-state index < -0.39 is 29.9 Å². The number of alkyl carbamates (subject to hydrolysis) is 1. The number of hydrazine groups is 1. The highest BCUT2D eigenvalue weighted by Crippen LogP contribution is 2.21.